The minimum Gasteiger partial charge on any atom is -0.372 e. The van der Waals surface area contributed by atoms with E-state index in [1.54, 1.807) is 0 Å². The van der Waals surface area contributed by atoms with E-state index < -0.39 is 0 Å². The average molecular weight is 260 g/mol. The Morgan fingerprint density at radius 1 is 1.37 bits per heavy atom. The molecule has 2 unspecified atom stereocenters. The Balaban J connectivity index is 1.72. The van der Waals surface area contributed by atoms with Gasteiger partial charge in [-0.15, -0.1) is 0 Å². The third-order valence-electron chi connectivity index (χ3n) is 4.45. The molecular formula is C16H24N2O. The largest absolute Gasteiger partial charge is 0.372 e. The molecule has 0 aromatic heterocycles. The van der Waals surface area contributed by atoms with Gasteiger partial charge in [-0.3, -0.25) is 4.90 Å². The molecule has 0 amide bonds. The van der Waals surface area contributed by atoms with Gasteiger partial charge in [-0.05, 0) is 37.1 Å². The molecule has 3 nitrogen and oxygen atoms in total. The summed E-state index contributed by atoms with van der Waals surface area (Å²) >= 11 is 0. The first kappa shape index (κ1) is 13.1. The summed E-state index contributed by atoms with van der Waals surface area (Å²) in [6.45, 7) is 7.54. The Kier molecular flexibility index (Phi) is 4.16. The zero-order chi connectivity index (χ0) is 13.1. The highest BCUT2D eigenvalue weighted by Crippen LogP contribution is 2.28. The van der Waals surface area contributed by atoms with Gasteiger partial charge in [0.1, 0.15) is 0 Å². The van der Waals surface area contributed by atoms with Crippen LogP contribution in [0, 0.1) is 0 Å². The lowest BCUT2D eigenvalue weighted by molar-refractivity contribution is 0.00898. The summed E-state index contributed by atoms with van der Waals surface area (Å²) in [7, 11) is 0. The van der Waals surface area contributed by atoms with Crippen molar-refractivity contribution >= 4 is 0 Å². The van der Waals surface area contributed by atoms with Crippen molar-refractivity contribution < 1.29 is 4.74 Å². The Morgan fingerprint density at radius 3 is 3.05 bits per heavy atom. The minimum atomic E-state index is 0.255. The summed E-state index contributed by atoms with van der Waals surface area (Å²) in [5.41, 5.74) is 2.87. The molecule has 2 atom stereocenters. The normalized spacial score (nSPS) is 26.6. The molecule has 3 rings (SSSR count). The zero-order valence-electron chi connectivity index (χ0n) is 11.8. The van der Waals surface area contributed by atoms with Crippen LogP contribution in [0.3, 0.4) is 0 Å². The first-order valence-electron chi connectivity index (χ1n) is 7.52. The van der Waals surface area contributed by atoms with E-state index in [0.717, 1.165) is 39.2 Å². The van der Waals surface area contributed by atoms with Gasteiger partial charge in [-0.1, -0.05) is 31.2 Å². The average Bonchev–Trinajstić information content (AvgIpc) is 2.99. The van der Waals surface area contributed by atoms with E-state index in [9.17, 15) is 0 Å². The van der Waals surface area contributed by atoms with Gasteiger partial charge in [-0.25, -0.2) is 0 Å². The molecule has 2 aliphatic rings. The maximum Gasteiger partial charge on any atom is 0.0954 e. The highest BCUT2D eigenvalue weighted by molar-refractivity contribution is 5.31. The fourth-order valence-electron chi connectivity index (χ4n) is 3.33. The molecule has 1 N–H and O–H groups in total. The Bertz CT molecular complexity index is 415. The van der Waals surface area contributed by atoms with E-state index in [0.29, 0.717) is 6.04 Å². The number of likely N-dealkylation sites (N-methyl/N-ethyl adjacent to an activating group) is 1. The van der Waals surface area contributed by atoms with Crippen molar-refractivity contribution in [2.45, 2.75) is 31.9 Å². The van der Waals surface area contributed by atoms with E-state index in [1.165, 1.54) is 17.5 Å². The second-order valence-corrected chi connectivity index (χ2v) is 5.54. The summed E-state index contributed by atoms with van der Waals surface area (Å²) in [5, 5.41) is 3.46. The van der Waals surface area contributed by atoms with Gasteiger partial charge >= 0.3 is 0 Å². The monoisotopic (exact) mass is 260 g/mol. The molecule has 1 fully saturated rings. The van der Waals surface area contributed by atoms with Crippen LogP contribution in [0.2, 0.25) is 0 Å². The molecule has 2 aliphatic heterocycles. The number of ether oxygens (including phenoxy) is 1. The van der Waals surface area contributed by atoms with Crippen LogP contribution in [0.4, 0.5) is 0 Å². The molecule has 2 heterocycles. The van der Waals surface area contributed by atoms with Crippen molar-refractivity contribution in [3.8, 4) is 0 Å². The van der Waals surface area contributed by atoms with Crippen molar-refractivity contribution in [2.24, 2.45) is 0 Å². The predicted octanol–water partition coefficient (Wildman–Crippen LogP) is 1.98. The maximum atomic E-state index is 6.03. The third kappa shape index (κ3) is 2.83. The quantitative estimate of drug-likeness (QED) is 0.896. The van der Waals surface area contributed by atoms with Gasteiger partial charge in [0.15, 0.2) is 0 Å². The van der Waals surface area contributed by atoms with Crippen LogP contribution >= 0.6 is 0 Å². The third-order valence-corrected chi connectivity index (χ3v) is 4.45. The standard InChI is InChI=1S/C16H24N2O/c1-2-18(14-7-9-17-11-14)12-16-15-6-4-3-5-13(15)8-10-19-16/h3-6,14,16-17H,2,7-12H2,1H3. The highest BCUT2D eigenvalue weighted by Gasteiger charge is 2.27. The lowest BCUT2D eigenvalue weighted by Gasteiger charge is -2.34. The van der Waals surface area contributed by atoms with Gasteiger partial charge in [0.25, 0.3) is 0 Å². The Labute approximate surface area is 115 Å². The lowest BCUT2D eigenvalue weighted by atomic mass is 9.97. The molecule has 0 radical (unpaired) electrons. The van der Waals surface area contributed by atoms with Crippen molar-refractivity contribution in [3.63, 3.8) is 0 Å². The molecule has 0 spiro atoms. The van der Waals surface area contributed by atoms with E-state index in [1.807, 2.05) is 0 Å². The van der Waals surface area contributed by atoms with Gasteiger partial charge in [0.2, 0.25) is 0 Å². The van der Waals surface area contributed by atoms with E-state index in [-0.39, 0.29) is 6.10 Å². The molecule has 0 bridgehead atoms. The smallest absolute Gasteiger partial charge is 0.0954 e. The Hall–Kier alpha value is -0.900. The second kappa shape index (κ2) is 6.04. The minimum absolute atomic E-state index is 0.255. The summed E-state index contributed by atoms with van der Waals surface area (Å²) in [5.74, 6) is 0. The Morgan fingerprint density at radius 2 is 2.26 bits per heavy atom. The molecule has 1 saturated heterocycles. The van der Waals surface area contributed by atoms with Crippen LogP contribution in [-0.2, 0) is 11.2 Å². The van der Waals surface area contributed by atoms with Crippen LogP contribution < -0.4 is 5.32 Å². The molecule has 3 heteroatoms. The van der Waals surface area contributed by atoms with Crippen molar-refractivity contribution in [1.29, 1.82) is 0 Å². The molecule has 0 saturated carbocycles. The molecule has 0 aliphatic carbocycles. The number of rotatable bonds is 4. The van der Waals surface area contributed by atoms with Crippen LogP contribution in [0.5, 0.6) is 0 Å². The second-order valence-electron chi connectivity index (χ2n) is 5.54. The van der Waals surface area contributed by atoms with E-state index >= 15 is 0 Å². The van der Waals surface area contributed by atoms with Crippen LogP contribution in [0.1, 0.15) is 30.6 Å². The van der Waals surface area contributed by atoms with Gasteiger partial charge in [0, 0.05) is 19.1 Å². The summed E-state index contributed by atoms with van der Waals surface area (Å²) < 4.78 is 6.03. The molecular weight excluding hydrogens is 236 g/mol. The topological polar surface area (TPSA) is 24.5 Å². The summed E-state index contributed by atoms with van der Waals surface area (Å²) in [6, 6.07) is 9.44. The van der Waals surface area contributed by atoms with Crippen molar-refractivity contribution in [3.05, 3.63) is 35.4 Å². The van der Waals surface area contributed by atoms with E-state index in [2.05, 4.69) is 41.4 Å². The molecule has 1 aromatic carbocycles. The molecule has 1 aromatic rings. The summed E-state index contributed by atoms with van der Waals surface area (Å²) in [4.78, 5) is 2.58. The number of benzene rings is 1. The van der Waals surface area contributed by atoms with E-state index in [4.69, 9.17) is 4.74 Å². The number of nitrogens with zero attached hydrogens (tertiary/aromatic N) is 1. The fraction of sp³-hybridized carbons (Fsp3) is 0.625. The van der Waals surface area contributed by atoms with Gasteiger partial charge in [0.05, 0.1) is 12.7 Å². The first-order valence-corrected chi connectivity index (χ1v) is 7.52. The SMILES string of the molecule is CCN(CC1OCCc2ccccc21)C1CCNC1. The molecule has 104 valence electrons. The predicted molar refractivity (Wildman–Crippen MR) is 77.4 cm³/mol. The number of nitrogens with one attached hydrogen (secondary N) is 1. The van der Waals surface area contributed by atoms with Crippen LogP contribution in [0.15, 0.2) is 24.3 Å². The van der Waals surface area contributed by atoms with Gasteiger partial charge in [-0.2, -0.15) is 0 Å². The van der Waals surface area contributed by atoms with Crippen LogP contribution in [-0.4, -0.2) is 43.7 Å². The van der Waals surface area contributed by atoms with Crippen molar-refractivity contribution in [1.82, 2.24) is 10.2 Å². The number of hydrogen-bond acceptors (Lipinski definition) is 3. The van der Waals surface area contributed by atoms with Crippen LogP contribution in [0.25, 0.3) is 0 Å². The first-order chi connectivity index (χ1) is 9.38. The highest BCUT2D eigenvalue weighted by atomic mass is 16.5. The number of hydrogen-bond donors (Lipinski definition) is 1. The fourth-order valence-corrected chi connectivity index (χ4v) is 3.33. The summed E-state index contributed by atoms with van der Waals surface area (Å²) in [6.07, 6.45) is 2.58. The lowest BCUT2D eigenvalue weighted by Crippen LogP contribution is -2.40. The molecule has 19 heavy (non-hydrogen) atoms. The van der Waals surface area contributed by atoms with Crippen molar-refractivity contribution in [2.75, 3.05) is 32.8 Å². The number of fused-ring (bicyclic) bond motifs is 1. The maximum absolute atomic E-state index is 6.03. The van der Waals surface area contributed by atoms with Gasteiger partial charge < -0.3 is 10.1 Å². The zero-order valence-corrected chi connectivity index (χ0v) is 11.8.